The lowest BCUT2D eigenvalue weighted by molar-refractivity contribution is 0.0902. The third-order valence-corrected chi connectivity index (χ3v) is 3.04. The third kappa shape index (κ3) is 3.18. The van der Waals surface area contributed by atoms with Gasteiger partial charge in [0.05, 0.1) is 12.7 Å². The molecule has 0 N–H and O–H groups in total. The van der Waals surface area contributed by atoms with E-state index in [0.717, 1.165) is 29.8 Å². The lowest BCUT2D eigenvalue weighted by Gasteiger charge is -2.10. The molecule has 0 aliphatic carbocycles. The second-order valence-corrected chi connectivity index (χ2v) is 4.32. The molecule has 1 unspecified atom stereocenters. The lowest BCUT2D eigenvalue weighted by atomic mass is 10.2. The summed E-state index contributed by atoms with van der Waals surface area (Å²) in [4.78, 5) is 4.09. The molecule has 1 saturated heterocycles. The number of halogens is 1. The maximum absolute atomic E-state index is 5.61. The van der Waals surface area contributed by atoms with E-state index >= 15 is 0 Å². The Kier molecular flexibility index (Phi) is 3.97. The van der Waals surface area contributed by atoms with Gasteiger partial charge in [-0.1, -0.05) is 0 Å². The van der Waals surface area contributed by atoms with Crippen molar-refractivity contribution in [3.05, 3.63) is 22.9 Å². The highest BCUT2D eigenvalue weighted by molar-refractivity contribution is 9.10. The second-order valence-electron chi connectivity index (χ2n) is 3.56. The first-order chi connectivity index (χ1) is 7.36. The molecule has 1 aromatic rings. The summed E-state index contributed by atoms with van der Waals surface area (Å²) >= 11 is 3.34. The zero-order valence-electron chi connectivity index (χ0n) is 8.49. The van der Waals surface area contributed by atoms with Gasteiger partial charge in [-0.05, 0) is 40.9 Å². The van der Waals surface area contributed by atoms with Gasteiger partial charge in [-0.2, -0.15) is 0 Å². The molecule has 0 amide bonds. The molecule has 1 aliphatic heterocycles. The zero-order valence-corrected chi connectivity index (χ0v) is 10.1. The highest BCUT2D eigenvalue weighted by atomic mass is 79.9. The minimum atomic E-state index is 0.389. The number of ether oxygens (including phenoxy) is 2. The molecule has 0 bridgehead atoms. The first kappa shape index (κ1) is 10.9. The molecule has 1 atom stereocenters. The molecule has 4 heteroatoms. The van der Waals surface area contributed by atoms with E-state index in [0.29, 0.717) is 12.7 Å². The number of rotatable bonds is 4. The molecule has 2 rings (SSSR count). The van der Waals surface area contributed by atoms with Gasteiger partial charge in [0, 0.05) is 19.2 Å². The van der Waals surface area contributed by atoms with Gasteiger partial charge >= 0.3 is 0 Å². The molecular weight excluding hydrogens is 258 g/mol. The molecule has 3 nitrogen and oxygen atoms in total. The van der Waals surface area contributed by atoms with Crippen LogP contribution in [0, 0.1) is 0 Å². The van der Waals surface area contributed by atoms with Crippen LogP contribution in [0.25, 0.3) is 0 Å². The number of hydrogen-bond acceptors (Lipinski definition) is 3. The molecule has 0 spiro atoms. The smallest absolute Gasteiger partial charge is 0.152 e. The van der Waals surface area contributed by atoms with Gasteiger partial charge in [-0.3, -0.25) is 0 Å². The molecule has 1 aromatic heterocycles. The van der Waals surface area contributed by atoms with E-state index in [2.05, 4.69) is 20.9 Å². The molecule has 0 aromatic carbocycles. The molecule has 1 aliphatic rings. The van der Waals surface area contributed by atoms with Crippen LogP contribution >= 0.6 is 15.9 Å². The molecule has 0 saturated carbocycles. The SMILES string of the molecule is Brc1ncccc1OCCC1CCCO1. The van der Waals surface area contributed by atoms with Crippen molar-refractivity contribution in [3.8, 4) is 5.75 Å². The average Bonchev–Trinajstić information content (AvgIpc) is 2.74. The zero-order chi connectivity index (χ0) is 10.5. The molecule has 15 heavy (non-hydrogen) atoms. The summed E-state index contributed by atoms with van der Waals surface area (Å²) in [6, 6.07) is 3.78. The van der Waals surface area contributed by atoms with E-state index in [1.165, 1.54) is 6.42 Å². The number of pyridine rings is 1. The van der Waals surface area contributed by atoms with Crippen molar-refractivity contribution in [1.82, 2.24) is 4.98 Å². The Balaban J connectivity index is 1.75. The van der Waals surface area contributed by atoms with Crippen LogP contribution in [-0.2, 0) is 4.74 Å². The van der Waals surface area contributed by atoms with E-state index in [4.69, 9.17) is 9.47 Å². The first-order valence-corrected chi connectivity index (χ1v) is 6.00. The van der Waals surface area contributed by atoms with E-state index in [-0.39, 0.29) is 0 Å². The van der Waals surface area contributed by atoms with Crippen molar-refractivity contribution in [2.24, 2.45) is 0 Å². The van der Waals surface area contributed by atoms with Crippen molar-refractivity contribution in [1.29, 1.82) is 0 Å². The predicted octanol–water partition coefficient (Wildman–Crippen LogP) is 2.79. The monoisotopic (exact) mass is 271 g/mol. The van der Waals surface area contributed by atoms with Crippen LogP contribution in [0.4, 0.5) is 0 Å². The quantitative estimate of drug-likeness (QED) is 0.790. The van der Waals surface area contributed by atoms with Crippen LogP contribution in [0.15, 0.2) is 22.9 Å². The van der Waals surface area contributed by atoms with Gasteiger partial charge in [0.25, 0.3) is 0 Å². The van der Waals surface area contributed by atoms with E-state index in [9.17, 15) is 0 Å². The maximum Gasteiger partial charge on any atom is 0.152 e. The average molecular weight is 272 g/mol. The Labute approximate surface area is 97.9 Å². The highest BCUT2D eigenvalue weighted by Crippen LogP contribution is 2.22. The number of hydrogen-bond donors (Lipinski definition) is 0. The van der Waals surface area contributed by atoms with Gasteiger partial charge in [-0.15, -0.1) is 0 Å². The Morgan fingerprint density at radius 1 is 1.60 bits per heavy atom. The van der Waals surface area contributed by atoms with Crippen molar-refractivity contribution in [2.45, 2.75) is 25.4 Å². The first-order valence-electron chi connectivity index (χ1n) is 5.21. The van der Waals surface area contributed by atoms with Gasteiger partial charge in [0.1, 0.15) is 4.60 Å². The maximum atomic E-state index is 5.61. The summed E-state index contributed by atoms with van der Waals surface area (Å²) in [6.45, 7) is 1.59. The van der Waals surface area contributed by atoms with Gasteiger partial charge in [0.2, 0.25) is 0 Å². The molecule has 2 heterocycles. The van der Waals surface area contributed by atoms with Crippen LogP contribution in [0.3, 0.4) is 0 Å². The summed E-state index contributed by atoms with van der Waals surface area (Å²) in [5.74, 6) is 0.801. The van der Waals surface area contributed by atoms with Crippen molar-refractivity contribution in [3.63, 3.8) is 0 Å². The van der Waals surface area contributed by atoms with Crippen LogP contribution < -0.4 is 4.74 Å². The van der Waals surface area contributed by atoms with E-state index < -0.39 is 0 Å². The van der Waals surface area contributed by atoms with Crippen molar-refractivity contribution in [2.75, 3.05) is 13.2 Å². The van der Waals surface area contributed by atoms with Crippen LogP contribution in [0.2, 0.25) is 0 Å². The normalized spacial score (nSPS) is 20.5. The summed E-state index contributed by atoms with van der Waals surface area (Å²) in [6.07, 6.45) is 5.43. The third-order valence-electron chi connectivity index (χ3n) is 2.45. The largest absolute Gasteiger partial charge is 0.491 e. The van der Waals surface area contributed by atoms with E-state index in [1.807, 2.05) is 12.1 Å². The van der Waals surface area contributed by atoms with Gasteiger partial charge in [0.15, 0.2) is 5.75 Å². The molecular formula is C11H14BrNO2. The predicted molar refractivity (Wildman–Crippen MR) is 61.0 cm³/mol. The van der Waals surface area contributed by atoms with Gasteiger partial charge < -0.3 is 9.47 Å². The van der Waals surface area contributed by atoms with E-state index in [1.54, 1.807) is 6.20 Å². The Hall–Kier alpha value is -0.610. The summed E-state index contributed by atoms with van der Waals surface area (Å²) in [5, 5.41) is 0. The Morgan fingerprint density at radius 2 is 2.53 bits per heavy atom. The molecule has 82 valence electrons. The second kappa shape index (κ2) is 5.47. The Bertz CT molecular complexity index is 313. The fraction of sp³-hybridized carbons (Fsp3) is 0.545. The summed E-state index contributed by atoms with van der Waals surface area (Å²) in [5.41, 5.74) is 0. The van der Waals surface area contributed by atoms with Crippen LogP contribution in [0.1, 0.15) is 19.3 Å². The lowest BCUT2D eigenvalue weighted by Crippen LogP contribution is -2.10. The number of nitrogens with zero attached hydrogens (tertiary/aromatic N) is 1. The Morgan fingerprint density at radius 3 is 3.27 bits per heavy atom. The minimum absolute atomic E-state index is 0.389. The fourth-order valence-corrected chi connectivity index (χ4v) is 2.02. The van der Waals surface area contributed by atoms with Crippen molar-refractivity contribution >= 4 is 15.9 Å². The summed E-state index contributed by atoms with van der Waals surface area (Å²) < 4.78 is 11.9. The molecule has 0 radical (unpaired) electrons. The molecule has 1 fully saturated rings. The standard InChI is InChI=1S/C11H14BrNO2/c12-11-10(4-1-6-13-11)15-8-5-9-3-2-7-14-9/h1,4,6,9H,2-3,5,7-8H2. The van der Waals surface area contributed by atoms with Crippen LogP contribution in [0.5, 0.6) is 5.75 Å². The topological polar surface area (TPSA) is 31.4 Å². The van der Waals surface area contributed by atoms with Gasteiger partial charge in [-0.25, -0.2) is 4.98 Å². The number of aromatic nitrogens is 1. The fourth-order valence-electron chi connectivity index (χ4n) is 1.65. The van der Waals surface area contributed by atoms with Crippen molar-refractivity contribution < 1.29 is 9.47 Å². The minimum Gasteiger partial charge on any atom is -0.491 e. The summed E-state index contributed by atoms with van der Waals surface area (Å²) in [7, 11) is 0. The highest BCUT2D eigenvalue weighted by Gasteiger charge is 2.15. The van der Waals surface area contributed by atoms with Crippen LogP contribution in [-0.4, -0.2) is 24.3 Å².